The molecule has 0 radical (unpaired) electrons. The number of piperidine rings is 1. The molecule has 4 atom stereocenters. The van der Waals surface area contributed by atoms with Crippen LogP contribution in [0.15, 0.2) is 48.5 Å². The number of nitrogens with one attached hydrogen (secondary N) is 1. The van der Waals surface area contributed by atoms with Gasteiger partial charge in [0.2, 0.25) is 0 Å². The molecule has 2 aromatic rings. The molecule has 2 saturated heterocycles. The van der Waals surface area contributed by atoms with Crippen LogP contribution in [0.4, 0.5) is 8.78 Å². The van der Waals surface area contributed by atoms with Gasteiger partial charge in [0.05, 0.1) is 12.0 Å². The molecule has 3 nitrogen and oxygen atoms in total. The lowest BCUT2D eigenvalue weighted by Crippen LogP contribution is -2.52. The van der Waals surface area contributed by atoms with Gasteiger partial charge in [-0.2, -0.15) is 0 Å². The molecule has 0 spiro atoms. The Morgan fingerprint density at radius 1 is 1.04 bits per heavy atom. The fourth-order valence-corrected chi connectivity index (χ4v) is 4.61. The molecule has 28 heavy (non-hydrogen) atoms. The van der Waals surface area contributed by atoms with Crippen LogP contribution in [0.1, 0.15) is 49.8 Å². The summed E-state index contributed by atoms with van der Waals surface area (Å²) in [5, 5.41) is 3.55. The minimum atomic E-state index is -0.476. The molecule has 1 unspecified atom stereocenters. The minimum Gasteiger partial charge on any atom is -0.365 e. The first-order valence-corrected chi connectivity index (χ1v) is 10.00. The van der Waals surface area contributed by atoms with Gasteiger partial charge in [-0.1, -0.05) is 31.2 Å². The van der Waals surface area contributed by atoms with E-state index in [0.29, 0.717) is 12.5 Å². The third-order valence-corrected chi connectivity index (χ3v) is 6.00. The Bertz CT molecular complexity index is 776. The summed E-state index contributed by atoms with van der Waals surface area (Å²) in [4.78, 5) is 12.7. The van der Waals surface area contributed by atoms with Gasteiger partial charge >= 0.3 is 0 Å². The Hall–Kier alpha value is -2.11. The molecular formula is C23H25F2NO2. The average molecular weight is 385 g/mol. The SMILES string of the molecule is CCC(=O)[C@@H]1[C@@H]2CCC(C[C@H]1OC(c1ccc(F)cc1)c1ccc(F)cc1)N2. The number of benzene rings is 2. The summed E-state index contributed by atoms with van der Waals surface area (Å²) in [7, 11) is 0. The van der Waals surface area contributed by atoms with Crippen LogP contribution < -0.4 is 5.32 Å². The number of hydrogen-bond donors (Lipinski definition) is 1. The maximum atomic E-state index is 13.4. The van der Waals surface area contributed by atoms with Crippen LogP contribution in [-0.4, -0.2) is 24.0 Å². The normalized spacial score (nSPS) is 26.6. The van der Waals surface area contributed by atoms with E-state index < -0.39 is 6.10 Å². The number of hydrogen-bond acceptors (Lipinski definition) is 3. The van der Waals surface area contributed by atoms with Crippen molar-refractivity contribution in [3.8, 4) is 0 Å². The Morgan fingerprint density at radius 2 is 1.61 bits per heavy atom. The van der Waals surface area contributed by atoms with E-state index in [1.54, 1.807) is 24.3 Å². The van der Waals surface area contributed by atoms with E-state index in [1.165, 1.54) is 24.3 Å². The molecule has 1 N–H and O–H groups in total. The number of ketones is 1. The highest BCUT2D eigenvalue weighted by molar-refractivity contribution is 5.82. The Morgan fingerprint density at radius 3 is 2.14 bits per heavy atom. The second-order valence-electron chi connectivity index (χ2n) is 7.79. The number of rotatable bonds is 6. The predicted molar refractivity (Wildman–Crippen MR) is 103 cm³/mol. The number of fused-ring (bicyclic) bond motifs is 2. The van der Waals surface area contributed by atoms with Crippen LogP contribution in [0.5, 0.6) is 0 Å². The molecule has 2 fully saturated rings. The van der Waals surface area contributed by atoms with Crippen LogP contribution in [0.3, 0.4) is 0 Å². The highest BCUT2D eigenvalue weighted by atomic mass is 19.1. The van der Waals surface area contributed by atoms with Gasteiger partial charge in [-0.15, -0.1) is 0 Å². The van der Waals surface area contributed by atoms with Crippen LogP contribution in [0.2, 0.25) is 0 Å². The molecule has 2 aliphatic rings. The van der Waals surface area contributed by atoms with Gasteiger partial charge < -0.3 is 10.1 Å². The zero-order valence-electron chi connectivity index (χ0n) is 15.9. The minimum absolute atomic E-state index is 0.151. The van der Waals surface area contributed by atoms with Gasteiger partial charge in [-0.05, 0) is 54.7 Å². The maximum absolute atomic E-state index is 13.4. The van der Waals surface area contributed by atoms with Gasteiger partial charge in [-0.3, -0.25) is 4.79 Å². The van der Waals surface area contributed by atoms with Gasteiger partial charge in [0.25, 0.3) is 0 Å². The van der Waals surface area contributed by atoms with Crippen molar-refractivity contribution in [2.75, 3.05) is 0 Å². The molecule has 0 amide bonds. The first kappa shape index (κ1) is 19.2. The molecule has 2 heterocycles. The standard InChI is InChI=1S/C23H25F2NO2/c1-2-20(27)22-19-12-11-18(26-19)13-21(22)28-23(14-3-7-16(24)8-4-14)15-5-9-17(25)10-6-15/h3-10,18-19,21-23,26H,2,11-13H2,1H3/t18?,19-,21+,22-/m0/s1. The summed E-state index contributed by atoms with van der Waals surface area (Å²) in [5.74, 6) is -0.618. The van der Waals surface area contributed by atoms with Crippen LogP contribution >= 0.6 is 0 Å². The van der Waals surface area contributed by atoms with Gasteiger partial charge in [-0.25, -0.2) is 8.78 Å². The van der Waals surface area contributed by atoms with Crippen LogP contribution in [0, 0.1) is 17.6 Å². The Kier molecular flexibility index (Phi) is 5.56. The van der Waals surface area contributed by atoms with Crippen molar-refractivity contribution in [3.05, 3.63) is 71.3 Å². The Balaban J connectivity index is 1.67. The summed E-state index contributed by atoms with van der Waals surface area (Å²) in [5.41, 5.74) is 1.59. The largest absolute Gasteiger partial charge is 0.365 e. The van der Waals surface area contributed by atoms with E-state index >= 15 is 0 Å². The number of carbonyl (C=O) groups is 1. The van der Waals surface area contributed by atoms with Crippen molar-refractivity contribution in [2.45, 2.75) is 56.9 Å². The highest BCUT2D eigenvalue weighted by Gasteiger charge is 2.45. The molecule has 2 bridgehead atoms. The van der Waals surface area contributed by atoms with Gasteiger partial charge in [0.1, 0.15) is 23.5 Å². The first-order valence-electron chi connectivity index (χ1n) is 10.00. The number of halogens is 2. The molecule has 5 heteroatoms. The smallest absolute Gasteiger partial charge is 0.139 e. The average Bonchev–Trinajstić information content (AvgIpc) is 3.08. The van der Waals surface area contributed by atoms with Crippen molar-refractivity contribution < 1.29 is 18.3 Å². The lowest BCUT2D eigenvalue weighted by Gasteiger charge is -2.38. The summed E-state index contributed by atoms with van der Waals surface area (Å²) in [6, 6.07) is 12.9. The molecular weight excluding hydrogens is 360 g/mol. The van der Waals surface area contributed by atoms with E-state index in [0.717, 1.165) is 30.4 Å². The molecule has 0 aromatic heterocycles. The fraction of sp³-hybridized carbons (Fsp3) is 0.435. The summed E-state index contributed by atoms with van der Waals surface area (Å²) in [6.07, 6.45) is 2.59. The van der Waals surface area contributed by atoms with E-state index in [-0.39, 0.29) is 35.5 Å². The molecule has 2 aliphatic heterocycles. The van der Waals surface area contributed by atoms with Crippen molar-refractivity contribution >= 4 is 5.78 Å². The quantitative estimate of drug-likeness (QED) is 0.792. The second kappa shape index (κ2) is 8.10. The number of ether oxygens (including phenoxy) is 1. The number of Topliss-reactive ketones (excluding diaryl/α,β-unsaturated/α-hetero) is 1. The van der Waals surface area contributed by atoms with Crippen molar-refractivity contribution in [1.82, 2.24) is 5.32 Å². The van der Waals surface area contributed by atoms with Gasteiger partial charge in [0, 0.05) is 18.5 Å². The van der Waals surface area contributed by atoms with E-state index in [1.807, 2.05) is 6.92 Å². The van der Waals surface area contributed by atoms with Crippen molar-refractivity contribution in [3.63, 3.8) is 0 Å². The third kappa shape index (κ3) is 3.87. The molecule has 2 aromatic carbocycles. The Labute approximate surface area is 164 Å². The van der Waals surface area contributed by atoms with E-state index in [2.05, 4.69) is 5.32 Å². The van der Waals surface area contributed by atoms with Gasteiger partial charge in [0.15, 0.2) is 0 Å². The predicted octanol–water partition coefficient (Wildman–Crippen LogP) is 4.56. The summed E-state index contributed by atoms with van der Waals surface area (Å²) in [6.45, 7) is 1.89. The monoisotopic (exact) mass is 385 g/mol. The molecule has 4 rings (SSSR count). The van der Waals surface area contributed by atoms with Crippen LogP contribution in [0.25, 0.3) is 0 Å². The zero-order valence-corrected chi connectivity index (χ0v) is 15.9. The number of carbonyl (C=O) groups excluding carboxylic acids is 1. The lowest BCUT2D eigenvalue weighted by atomic mass is 9.84. The summed E-state index contributed by atoms with van der Waals surface area (Å²) >= 11 is 0. The zero-order chi connectivity index (χ0) is 19.7. The van der Waals surface area contributed by atoms with Crippen LogP contribution in [-0.2, 0) is 9.53 Å². The molecule has 148 valence electrons. The van der Waals surface area contributed by atoms with Crippen molar-refractivity contribution in [2.24, 2.45) is 5.92 Å². The van der Waals surface area contributed by atoms with E-state index in [4.69, 9.17) is 4.74 Å². The fourth-order valence-electron chi connectivity index (χ4n) is 4.61. The topological polar surface area (TPSA) is 38.3 Å². The summed E-state index contributed by atoms with van der Waals surface area (Å²) < 4.78 is 33.4. The maximum Gasteiger partial charge on any atom is 0.139 e. The third-order valence-electron chi connectivity index (χ3n) is 6.00. The molecule has 0 aliphatic carbocycles. The molecule has 0 saturated carbocycles. The first-order chi connectivity index (χ1) is 13.5. The highest BCUT2D eigenvalue weighted by Crippen LogP contribution is 2.38. The van der Waals surface area contributed by atoms with Crippen molar-refractivity contribution in [1.29, 1.82) is 0 Å². The second-order valence-corrected chi connectivity index (χ2v) is 7.79. The van der Waals surface area contributed by atoms with E-state index in [9.17, 15) is 13.6 Å². The lowest BCUT2D eigenvalue weighted by molar-refractivity contribution is -0.133.